The summed E-state index contributed by atoms with van der Waals surface area (Å²) in [6.45, 7) is 9.95. The van der Waals surface area contributed by atoms with E-state index in [2.05, 4.69) is 89.7 Å². The Morgan fingerprint density at radius 3 is 0.924 bits per heavy atom. The molecular formula is C66H44Cl13F9N18O6S6. The fourth-order valence-electron chi connectivity index (χ4n) is 8.45. The molecule has 0 spiro atoms. The van der Waals surface area contributed by atoms with E-state index in [4.69, 9.17) is 151 Å². The highest BCUT2D eigenvalue weighted by Crippen LogP contribution is 2.48. The number of alkyl halides is 2. The minimum atomic E-state index is -3.46. The van der Waals surface area contributed by atoms with Crippen LogP contribution >= 0.6 is 221 Å². The Morgan fingerprint density at radius 2 is 0.576 bits per heavy atom. The van der Waals surface area contributed by atoms with E-state index in [1.165, 1.54) is 91.0 Å². The highest BCUT2D eigenvalue weighted by molar-refractivity contribution is 8.00. The van der Waals surface area contributed by atoms with Crippen LogP contribution in [0.4, 0.5) is 39.5 Å². The summed E-state index contributed by atoms with van der Waals surface area (Å²) in [5.74, 6) is -8.92. The van der Waals surface area contributed by atoms with Gasteiger partial charge in [-0.05, 0) is 53.3 Å². The van der Waals surface area contributed by atoms with Crippen LogP contribution in [0.25, 0.3) is 0 Å². The van der Waals surface area contributed by atoms with Gasteiger partial charge in [-0.2, -0.15) is 40.7 Å². The van der Waals surface area contributed by atoms with Gasteiger partial charge in [-0.15, -0.1) is 0 Å². The fraction of sp³-hybridized carbons (Fsp3) is 0.182. The maximum absolute atomic E-state index is 14.2. The topological polar surface area (TPSA) is 352 Å². The predicted octanol–water partition coefficient (Wildman–Crippen LogP) is 20.6. The van der Waals surface area contributed by atoms with Crippen molar-refractivity contribution in [1.82, 2.24) is 89.7 Å². The van der Waals surface area contributed by atoms with Crippen LogP contribution in [-0.2, 0) is 34.0 Å². The summed E-state index contributed by atoms with van der Waals surface area (Å²) in [6.07, 6.45) is 4.79. The van der Waals surface area contributed by atoms with Crippen molar-refractivity contribution in [2.75, 3.05) is 0 Å². The van der Waals surface area contributed by atoms with E-state index in [9.17, 15) is 68.3 Å². The Hall–Kier alpha value is -6.58. The van der Waals surface area contributed by atoms with Crippen LogP contribution in [0.1, 0.15) is 67.5 Å². The van der Waals surface area contributed by atoms with Crippen LogP contribution in [0, 0.1) is 82.9 Å². The first-order chi connectivity index (χ1) is 55.4. The first kappa shape index (κ1) is 98.5. The third-order valence-electron chi connectivity index (χ3n) is 13.5. The van der Waals surface area contributed by atoms with Crippen molar-refractivity contribution in [3.63, 3.8) is 0 Å². The van der Waals surface area contributed by atoms with Gasteiger partial charge < -0.3 is 29.9 Å². The first-order valence-corrected chi connectivity index (χ1v) is 42.1. The molecular weight excluding hydrogens is 1970 g/mol. The second-order valence-electron chi connectivity index (χ2n) is 22.5. The zero-order valence-electron chi connectivity index (χ0n) is 59.4. The minimum absolute atomic E-state index is 0.0421. The SMILES string of the molecule is Cc1cc(=O)[nH]c(SC(F)(F)c2c(Cl)cncc2Cl)n1.Cc1cc(=O)[nH]c(SCc2c(Cl)c(Cl)nc(Cl)c2Cl)n1.Cc1cc(=O)[nH]c(SCc2c(Cl)c(F)nc(F)c2Cl)n1.Cc1cc(=O)[nH]c(SCc2c(Cl)cnc(Cl)c2Cl)n1.Cc1cc(=O)[nH]c(SCc2c(Cl)cnc(F)c2Cl)n1.Cc1cc(=O)[nH]c(SCc2c(F)c(F)nc(F)c2F)n1. The van der Waals surface area contributed by atoms with Crippen LogP contribution in [0.3, 0.4) is 0 Å². The van der Waals surface area contributed by atoms with Crippen molar-refractivity contribution in [3.8, 4) is 0 Å². The van der Waals surface area contributed by atoms with E-state index in [0.29, 0.717) is 93.0 Å². The normalized spacial score (nSPS) is 10.9. The zero-order valence-corrected chi connectivity index (χ0v) is 74.1. The molecule has 12 aromatic heterocycles. The highest BCUT2D eigenvalue weighted by atomic mass is 35.5. The average molecular weight is 2010 g/mol. The van der Waals surface area contributed by atoms with E-state index in [0.717, 1.165) is 35.9 Å². The van der Waals surface area contributed by atoms with E-state index >= 15 is 0 Å². The standard InChI is InChI=1S/C11H7Cl4N3OS.C11H8Cl3N3OS.2C11H7Cl2F2N3OS.C11H8Cl2FN3OS.C11H7F4N3OS/c1-4-2-6(19)17-11(16-4)20-3-5-7(12)9(14)18-10(15)8(5)13;1-5-2-8(18)17-11(16-5)19-4-6-7(12)3-15-10(14)9(6)13;1-5-2-8(19)18-10(17-5)20-11(14,15)9-6(12)3-16-4-7(9)13;1-4-2-6(19)17-11(16-4)20-3-5-7(12)9(14)18-10(15)8(5)13;1-5-2-8(18)17-11(16-5)19-4-6-7(12)3-15-10(14)9(6)13;1-4-2-6(19)17-11(16-4)20-3-5-7(12)9(14)18-10(15)8(5)13/h2H,3H2,1H3,(H,16,17,19);2-3H,4H2,1H3,(H,16,17,18);2-4H,1H3,(H,17,18,19);2H,3H2,1H3,(H,16,17,19);2-3H,4H2,1H3,(H,16,17,18);2H,3H2,1H3,(H,16,17,19). The molecule has 0 saturated heterocycles. The van der Waals surface area contributed by atoms with Gasteiger partial charge in [-0.3, -0.25) is 33.8 Å². The lowest BCUT2D eigenvalue weighted by Gasteiger charge is -2.17. The molecule has 6 N–H and O–H groups in total. The largest absolute Gasteiger partial charge is 0.329 e. The highest BCUT2D eigenvalue weighted by Gasteiger charge is 2.39. The van der Waals surface area contributed by atoms with Crippen molar-refractivity contribution in [2.24, 2.45) is 0 Å². The molecule has 0 saturated carbocycles. The molecule has 12 heterocycles. The Labute approximate surface area is 748 Å². The smallest absolute Gasteiger partial charge is 0.301 e. The van der Waals surface area contributed by atoms with Gasteiger partial charge in [0, 0.05) is 152 Å². The summed E-state index contributed by atoms with van der Waals surface area (Å²) in [4.78, 5) is 127. The minimum Gasteiger partial charge on any atom is -0.301 e. The van der Waals surface area contributed by atoms with Crippen LogP contribution in [0.2, 0.25) is 65.7 Å². The van der Waals surface area contributed by atoms with E-state index < -0.39 is 74.6 Å². The number of pyridine rings is 6. The lowest BCUT2D eigenvalue weighted by molar-refractivity contribution is 0.105. The molecule has 0 fully saturated rings. The van der Waals surface area contributed by atoms with Gasteiger partial charge in [0.25, 0.3) is 45.3 Å². The number of aryl methyl sites for hydroxylation is 6. The number of hydrogen-bond acceptors (Lipinski definition) is 24. The first-order valence-electron chi connectivity index (χ1n) is 31.4. The van der Waals surface area contributed by atoms with Gasteiger partial charge in [0.2, 0.25) is 17.8 Å². The van der Waals surface area contributed by atoms with Crippen LogP contribution < -0.4 is 33.4 Å². The number of thioether (sulfide) groups is 6. The second-order valence-corrected chi connectivity index (χ2v) is 33.4. The number of halogens is 22. The summed E-state index contributed by atoms with van der Waals surface area (Å²) in [7, 11) is 0. The molecule has 52 heteroatoms. The number of nitrogens with zero attached hydrogens (tertiary/aromatic N) is 12. The Bertz CT molecular complexity index is 5600. The molecule has 118 heavy (non-hydrogen) atoms. The molecule has 0 aliphatic heterocycles. The number of H-pyrrole nitrogens is 6. The molecule has 0 atom stereocenters. The Kier molecular flexibility index (Phi) is 38.0. The van der Waals surface area contributed by atoms with E-state index in [1.54, 1.807) is 34.6 Å². The van der Waals surface area contributed by atoms with Crippen molar-refractivity contribution >= 4 is 221 Å². The second kappa shape index (κ2) is 45.5. The number of aromatic nitrogens is 18. The number of hydrogen-bond donors (Lipinski definition) is 6. The van der Waals surface area contributed by atoms with Gasteiger partial charge in [-0.1, -0.05) is 210 Å². The molecule has 0 aliphatic carbocycles. The van der Waals surface area contributed by atoms with Crippen molar-refractivity contribution in [1.29, 1.82) is 0 Å². The Morgan fingerprint density at radius 1 is 0.305 bits per heavy atom. The van der Waals surface area contributed by atoms with Crippen molar-refractivity contribution in [3.05, 3.63) is 298 Å². The zero-order chi connectivity index (χ0) is 87.5. The van der Waals surface area contributed by atoms with Crippen molar-refractivity contribution in [2.45, 2.75) is 106 Å². The van der Waals surface area contributed by atoms with Gasteiger partial charge in [0.1, 0.15) is 30.5 Å². The maximum atomic E-state index is 14.2. The Balaban J connectivity index is 0.000000195. The summed E-state index contributed by atoms with van der Waals surface area (Å²) in [5.41, 5.74) is 1.55. The monoisotopic (exact) mass is 2000 g/mol. The lowest BCUT2D eigenvalue weighted by atomic mass is 10.3. The summed E-state index contributed by atoms with van der Waals surface area (Å²) >= 11 is 81.9. The molecule has 24 nitrogen and oxygen atoms in total. The van der Waals surface area contributed by atoms with Gasteiger partial charge in [0.15, 0.2) is 42.6 Å². The van der Waals surface area contributed by atoms with Gasteiger partial charge >= 0.3 is 5.25 Å². The molecule has 0 amide bonds. The van der Waals surface area contributed by atoms with E-state index in [1.807, 2.05) is 0 Å². The predicted molar refractivity (Wildman–Crippen MR) is 445 cm³/mol. The summed E-state index contributed by atoms with van der Waals surface area (Å²) < 4.78 is 121. The van der Waals surface area contributed by atoms with Crippen LogP contribution in [0.5, 0.6) is 0 Å². The quantitative estimate of drug-likeness (QED) is 0.0201. The summed E-state index contributed by atoms with van der Waals surface area (Å²) in [5, 5.41) is -1.35. The van der Waals surface area contributed by atoms with Crippen LogP contribution in [-0.4, -0.2) is 89.7 Å². The molecule has 0 bridgehead atoms. The molecule has 12 aromatic rings. The molecule has 0 aliphatic rings. The van der Waals surface area contributed by atoms with Gasteiger partial charge in [0.05, 0.1) is 40.7 Å². The molecule has 0 aromatic carbocycles. The molecule has 0 radical (unpaired) electrons. The molecule has 624 valence electrons. The fourth-order valence-corrected chi connectivity index (χ4v) is 17.9. The van der Waals surface area contributed by atoms with E-state index in [-0.39, 0.29) is 117 Å². The number of rotatable bonds is 18. The molecule has 0 unspecified atom stereocenters. The number of aromatic amines is 6. The molecule has 12 rings (SSSR count). The summed E-state index contributed by atoms with van der Waals surface area (Å²) in [6, 6.07) is 7.98. The van der Waals surface area contributed by atoms with Crippen LogP contribution in [0.15, 0.2) is 121 Å². The third kappa shape index (κ3) is 29.3. The number of nitrogens with one attached hydrogen (secondary N) is 6. The average Bonchev–Trinajstić information content (AvgIpc) is 0.794. The van der Waals surface area contributed by atoms with Crippen molar-refractivity contribution < 1.29 is 39.5 Å². The lowest BCUT2D eigenvalue weighted by Crippen LogP contribution is -2.14. The third-order valence-corrected chi connectivity index (χ3v) is 23.6. The van der Waals surface area contributed by atoms with Gasteiger partial charge in [-0.25, -0.2) is 53.6 Å². The maximum Gasteiger partial charge on any atom is 0.329 e.